The Morgan fingerprint density at radius 1 is 1.09 bits per heavy atom. The van der Waals surface area contributed by atoms with Crippen LogP contribution in [0, 0.1) is 5.92 Å². The number of aryl methyl sites for hydroxylation is 1. The van der Waals surface area contributed by atoms with E-state index in [9.17, 15) is 15.0 Å². The number of rotatable bonds is 7. The Balaban J connectivity index is 1.44. The molecule has 184 valence electrons. The van der Waals surface area contributed by atoms with E-state index in [0.717, 1.165) is 42.9 Å². The second-order valence-electron chi connectivity index (χ2n) is 9.86. The molecule has 0 saturated carbocycles. The lowest BCUT2D eigenvalue weighted by atomic mass is 9.93. The van der Waals surface area contributed by atoms with Crippen molar-refractivity contribution in [2.45, 2.75) is 52.0 Å². The molecule has 0 bridgehead atoms. The fraction of sp³-hybridized carbons (Fsp3) is 0.407. The van der Waals surface area contributed by atoms with E-state index in [-0.39, 0.29) is 23.1 Å². The molecule has 1 aliphatic rings. The molecule has 2 aromatic heterocycles. The molecule has 0 aliphatic carbocycles. The maximum atomic E-state index is 12.7. The van der Waals surface area contributed by atoms with Gasteiger partial charge in [0.05, 0.1) is 11.3 Å². The summed E-state index contributed by atoms with van der Waals surface area (Å²) in [6, 6.07) is 11.0. The summed E-state index contributed by atoms with van der Waals surface area (Å²) >= 11 is 0. The number of hydrogen-bond donors (Lipinski definition) is 4. The van der Waals surface area contributed by atoms with E-state index in [1.165, 1.54) is 29.9 Å². The highest BCUT2D eigenvalue weighted by Gasteiger charge is 2.20. The van der Waals surface area contributed by atoms with Crippen LogP contribution in [0.5, 0.6) is 11.5 Å². The zero-order chi connectivity index (χ0) is 24.5. The van der Waals surface area contributed by atoms with Crippen LogP contribution in [0.25, 0.3) is 28.0 Å². The molecule has 2 aromatic carbocycles. The molecule has 1 aliphatic heterocycles. The van der Waals surface area contributed by atoms with Gasteiger partial charge in [0.25, 0.3) is 0 Å². The Labute approximate surface area is 204 Å². The number of nitrogens with one attached hydrogen (secondary N) is 2. The maximum absolute atomic E-state index is 12.7. The van der Waals surface area contributed by atoms with Gasteiger partial charge in [-0.15, -0.1) is 0 Å². The number of H-pyrrole nitrogens is 1. The van der Waals surface area contributed by atoms with Crippen molar-refractivity contribution in [3.63, 3.8) is 0 Å². The zero-order valence-electron chi connectivity index (χ0n) is 20.3. The number of benzene rings is 2. The van der Waals surface area contributed by atoms with Crippen molar-refractivity contribution in [2.24, 2.45) is 5.92 Å². The molecule has 0 unspecified atom stereocenters. The Morgan fingerprint density at radius 3 is 2.66 bits per heavy atom. The number of phenolic OH excluding ortho intramolecular Hbond substituents is 2. The van der Waals surface area contributed by atoms with Crippen molar-refractivity contribution in [3.05, 3.63) is 58.6 Å². The quantitative estimate of drug-likeness (QED) is 0.315. The van der Waals surface area contributed by atoms with Crippen LogP contribution in [0.1, 0.15) is 51.0 Å². The van der Waals surface area contributed by atoms with E-state index in [4.69, 9.17) is 0 Å². The first-order valence-corrected chi connectivity index (χ1v) is 12.5. The Hall–Kier alpha value is -3.52. The molecular formula is C27H33N5O3. The highest BCUT2D eigenvalue weighted by atomic mass is 16.3. The van der Waals surface area contributed by atoms with Crippen LogP contribution in [0.15, 0.2) is 47.4 Å². The summed E-state index contributed by atoms with van der Waals surface area (Å²) in [5.74, 6) is 1.06. The average Bonchev–Trinajstić information content (AvgIpc) is 3.42. The molecule has 0 spiro atoms. The first kappa shape index (κ1) is 23.2. The number of aromatic amines is 1. The third-order valence-corrected chi connectivity index (χ3v) is 7.16. The van der Waals surface area contributed by atoms with E-state index in [0.29, 0.717) is 22.6 Å². The van der Waals surface area contributed by atoms with Crippen LogP contribution >= 0.6 is 0 Å². The topological polar surface area (TPSA) is 108 Å². The fourth-order valence-corrected chi connectivity index (χ4v) is 5.19. The number of piperidine rings is 1. The van der Waals surface area contributed by atoms with Crippen LogP contribution in [0.2, 0.25) is 0 Å². The first-order valence-electron chi connectivity index (χ1n) is 12.5. The van der Waals surface area contributed by atoms with Crippen molar-refractivity contribution < 1.29 is 10.2 Å². The summed E-state index contributed by atoms with van der Waals surface area (Å²) in [5, 5.41) is 31.9. The average molecular weight is 476 g/mol. The van der Waals surface area contributed by atoms with Crippen molar-refractivity contribution >= 4 is 10.9 Å². The van der Waals surface area contributed by atoms with Gasteiger partial charge in [-0.1, -0.05) is 13.8 Å². The minimum atomic E-state index is -0.390. The van der Waals surface area contributed by atoms with Crippen LogP contribution < -0.4 is 11.0 Å². The Bertz CT molecular complexity index is 1390. The normalized spacial score (nSPS) is 14.8. The van der Waals surface area contributed by atoms with Gasteiger partial charge in [0.2, 0.25) is 0 Å². The molecule has 1 saturated heterocycles. The fourth-order valence-electron chi connectivity index (χ4n) is 5.19. The SMILES string of the molecule is CC(C)c1cc(-c2n[nH]c(=O)n2-c2ccc3c(ccn3CCCC3CCNCC3)c2)c(O)cc1O. The number of hydrogen-bond acceptors (Lipinski definition) is 5. The summed E-state index contributed by atoms with van der Waals surface area (Å²) in [7, 11) is 0. The van der Waals surface area contributed by atoms with Crippen molar-refractivity contribution in [2.75, 3.05) is 13.1 Å². The highest BCUT2D eigenvalue weighted by Crippen LogP contribution is 2.37. The summed E-state index contributed by atoms with van der Waals surface area (Å²) in [4.78, 5) is 12.7. The smallest absolute Gasteiger partial charge is 0.348 e. The molecule has 0 amide bonds. The van der Waals surface area contributed by atoms with Gasteiger partial charge in [-0.25, -0.2) is 14.5 Å². The zero-order valence-corrected chi connectivity index (χ0v) is 20.3. The minimum absolute atomic E-state index is 0.0218. The van der Waals surface area contributed by atoms with E-state index in [2.05, 4.69) is 32.3 Å². The second-order valence-corrected chi connectivity index (χ2v) is 9.86. The number of aromatic nitrogens is 4. The van der Waals surface area contributed by atoms with Gasteiger partial charge in [0.15, 0.2) is 5.82 Å². The van der Waals surface area contributed by atoms with Crippen molar-refractivity contribution in [1.82, 2.24) is 24.6 Å². The first-order chi connectivity index (χ1) is 16.9. The van der Waals surface area contributed by atoms with Gasteiger partial charge in [-0.2, -0.15) is 5.10 Å². The summed E-state index contributed by atoms with van der Waals surface area (Å²) in [6.45, 7) is 7.16. The highest BCUT2D eigenvalue weighted by molar-refractivity contribution is 5.83. The lowest BCUT2D eigenvalue weighted by Gasteiger charge is -2.22. The third kappa shape index (κ3) is 4.58. The molecule has 8 heteroatoms. The van der Waals surface area contributed by atoms with Gasteiger partial charge in [0.1, 0.15) is 11.5 Å². The standard InChI is InChI=1S/C27H33N5O3/c1-17(2)21-15-22(25(34)16-24(21)33)26-29-30-27(35)32(26)20-5-6-23-19(14-20)9-13-31(23)12-3-4-18-7-10-28-11-8-18/h5-6,9,13-18,28,33-34H,3-4,7-8,10-12H2,1-2H3,(H,30,35). The van der Waals surface area contributed by atoms with E-state index in [1.807, 2.05) is 32.0 Å². The number of aromatic hydroxyl groups is 2. The van der Waals surface area contributed by atoms with Crippen LogP contribution in [0.4, 0.5) is 0 Å². The summed E-state index contributed by atoms with van der Waals surface area (Å²) in [6.07, 6.45) is 7.05. The Morgan fingerprint density at radius 2 is 1.89 bits per heavy atom. The Kier molecular flexibility index (Phi) is 6.38. The number of nitrogens with zero attached hydrogens (tertiary/aromatic N) is 3. The van der Waals surface area contributed by atoms with E-state index >= 15 is 0 Å². The van der Waals surface area contributed by atoms with Gasteiger partial charge in [-0.05, 0) is 86.5 Å². The molecule has 0 radical (unpaired) electrons. The van der Waals surface area contributed by atoms with Crippen LogP contribution in [0.3, 0.4) is 0 Å². The lowest BCUT2D eigenvalue weighted by Crippen LogP contribution is -2.27. The van der Waals surface area contributed by atoms with Crippen LogP contribution in [-0.4, -0.2) is 42.6 Å². The molecule has 0 atom stereocenters. The summed E-state index contributed by atoms with van der Waals surface area (Å²) < 4.78 is 3.74. The van der Waals surface area contributed by atoms with E-state index < -0.39 is 0 Å². The minimum Gasteiger partial charge on any atom is -0.508 e. The van der Waals surface area contributed by atoms with Gasteiger partial charge in [0, 0.05) is 29.7 Å². The maximum Gasteiger partial charge on any atom is 0.348 e. The lowest BCUT2D eigenvalue weighted by molar-refractivity contribution is 0.341. The van der Waals surface area contributed by atoms with Crippen molar-refractivity contribution in [1.29, 1.82) is 0 Å². The predicted molar refractivity (Wildman–Crippen MR) is 137 cm³/mol. The molecule has 4 aromatic rings. The molecule has 1 fully saturated rings. The van der Waals surface area contributed by atoms with Gasteiger partial charge in [-0.3, -0.25) is 0 Å². The molecular weight excluding hydrogens is 442 g/mol. The van der Waals surface area contributed by atoms with Crippen molar-refractivity contribution in [3.8, 4) is 28.6 Å². The molecule has 35 heavy (non-hydrogen) atoms. The molecule has 5 rings (SSSR count). The molecule has 3 heterocycles. The summed E-state index contributed by atoms with van der Waals surface area (Å²) in [5.41, 5.74) is 2.47. The van der Waals surface area contributed by atoms with E-state index in [1.54, 1.807) is 6.07 Å². The molecule has 4 N–H and O–H groups in total. The van der Waals surface area contributed by atoms with Gasteiger partial charge < -0.3 is 20.1 Å². The molecule has 8 nitrogen and oxygen atoms in total. The second kappa shape index (κ2) is 9.62. The monoisotopic (exact) mass is 475 g/mol. The third-order valence-electron chi connectivity index (χ3n) is 7.16. The number of fused-ring (bicyclic) bond motifs is 1. The largest absolute Gasteiger partial charge is 0.508 e. The van der Waals surface area contributed by atoms with Crippen LogP contribution in [-0.2, 0) is 6.54 Å². The van der Waals surface area contributed by atoms with Gasteiger partial charge >= 0.3 is 5.69 Å². The predicted octanol–water partition coefficient (Wildman–Crippen LogP) is 4.50. The number of phenols is 2.